The van der Waals surface area contributed by atoms with Gasteiger partial charge in [0.2, 0.25) is 11.8 Å². The Morgan fingerprint density at radius 3 is 2.61 bits per heavy atom. The van der Waals surface area contributed by atoms with Crippen molar-refractivity contribution < 1.29 is 27.8 Å². The van der Waals surface area contributed by atoms with Crippen molar-refractivity contribution >= 4 is 51.7 Å². The van der Waals surface area contributed by atoms with Crippen LogP contribution < -0.4 is 14.8 Å². The minimum absolute atomic E-state index is 0.0101. The number of carbonyl (C=O) groups is 2. The van der Waals surface area contributed by atoms with Gasteiger partial charge in [-0.05, 0) is 36.4 Å². The van der Waals surface area contributed by atoms with E-state index in [2.05, 4.69) is 15.0 Å². The number of carbonyl (C=O) groups excluding carboxylic acids is 2. The summed E-state index contributed by atoms with van der Waals surface area (Å²) in [6, 6.07) is 12.3. The normalized spacial score (nSPS) is 18.1. The van der Waals surface area contributed by atoms with Crippen molar-refractivity contribution in [3.63, 3.8) is 0 Å². The quantitative estimate of drug-likeness (QED) is 0.632. The lowest BCUT2D eigenvalue weighted by Crippen LogP contribution is -2.43. The fourth-order valence-corrected chi connectivity index (χ4v) is 3.80. The molecule has 0 aromatic heterocycles. The molecular formula is C20H18ClF2N3O4S. The van der Waals surface area contributed by atoms with Crippen LogP contribution in [0.1, 0.15) is 6.42 Å². The third-order valence-corrected chi connectivity index (χ3v) is 5.51. The van der Waals surface area contributed by atoms with Gasteiger partial charge in [-0.15, -0.1) is 8.78 Å². The summed E-state index contributed by atoms with van der Waals surface area (Å²) in [7, 11) is 3.13. The number of amides is 2. The number of anilines is 1. The highest BCUT2D eigenvalue weighted by atomic mass is 35.5. The summed E-state index contributed by atoms with van der Waals surface area (Å²) in [6.45, 7) is 0. The summed E-state index contributed by atoms with van der Waals surface area (Å²) in [5.41, 5.74) is -2.89. The summed E-state index contributed by atoms with van der Waals surface area (Å²) >= 11 is 5.88. The SMILES string of the molecule is COc1cccc(N=C2S[C@@H](C(=O)Nc3ccc(OC(F)(F)Cl)cc3)CC(=O)N2C)c1. The smallest absolute Gasteiger partial charge is 0.487 e. The number of halogens is 3. The summed E-state index contributed by atoms with van der Waals surface area (Å²) in [6.07, 6.45) is -0.0101. The lowest BCUT2D eigenvalue weighted by atomic mass is 10.2. The molecule has 0 aliphatic carbocycles. The topological polar surface area (TPSA) is 80.2 Å². The van der Waals surface area contributed by atoms with E-state index >= 15 is 0 Å². The van der Waals surface area contributed by atoms with Gasteiger partial charge in [-0.25, -0.2) is 4.99 Å². The second kappa shape index (κ2) is 9.52. The molecule has 1 aliphatic heterocycles. The van der Waals surface area contributed by atoms with Gasteiger partial charge in [-0.3, -0.25) is 14.5 Å². The van der Waals surface area contributed by atoms with Crippen molar-refractivity contribution in [2.45, 2.75) is 17.2 Å². The predicted molar refractivity (Wildman–Crippen MR) is 115 cm³/mol. The fourth-order valence-electron chi connectivity index (χ4n) is 2.65. The highest BCUT2D eigenvalue weighted by Gasteiger charge is 2.34. The van der Waals surface area contributed by atoms with Gasteiger partial charge < -0.3 is 14.8 Å². The maximum Gasteiger partial charge on any atom is 0.487 e. The summed E-state index contributed by atoms with van der Waals surface area (Å²) in [5.74, 6) is -0.213. The van der Waals surface area contributed by atoms with Crippen LogP contribution in [0.3, 0.4) is 0 Å². The van der Waals surface area contributed by atoms with Crippen LogP contribution in [0.2, 0.25) is 0 Å². The van der Waals surface area contributed by atoms with Crippen molar-refractivity contribution in [3.8, 4) is 11.5 Å². The summed E-state index contributed by atoms with van der Waals surface area (Å²) < 4.78 is 34.8. The fraction of sp³-hybridized carbons (Fsp3) is 0.250. The van der Waals surface area contributed by atoms with Gasteiger partial charge in [0.15, 0.2) is 5.17 Å². The number of alkyl halides is 3. The number of ether oxygens (including phenoxy) is 2. The van der Waals surface area contributed by atoms with E-state index in [9.17, 15) is 18.4 Å². The number of hydrogen-bond donors (Lipinski definition) is 1. The molecule has 0 bridgehead atoms. The molecule has 1 atom stereocenters. The first kappa shape index (κ1) is 22.8. The molecule has 0 unspecified atom stereocenters. The molecule has 1 aliphatic rings. The van der Waals surface area contributed by atoms with Gasteiger partial charge in [-0.1, -0.05) is 17.8 Å². The number of aliphatic imine (C=N–C) groups is 1. The van der Waals surface area contributed by atoms with Crippen LogP contribution in [0.4, 0.5) is 20.2 Å². The van der Waals surface area contributed by atoms with E-state index in [0.717, 1.165) is 11.8 Å². The lowest BCUT2D eigenvalue weighted by Gasteiger charge is -2.28. The highest BCUT2D eigenvalue weighted by Crippen LogP contribution is 2.30. The molecule has 164 valence electrons. The molecule has 2 aromatic rings. The molecule has 2 amide bonds. The number of nitrogens with zero attached hydrogens (tertiary/aromatic N) is 2. The van der Waals surface area contributed by atoms with Gasteiger partial charge in [-0.2, -0.15) is 0 Å². The zero-order valence-electron chi connectivity index (χ0n) is 16.5. The van der Waals surface area contributed by atoms with Crippen molar-refractivity contribution in [1.29, 1.82) is 0 Å². The summed E-state index contributed by atoms with van der Waals surface area (Å²) in [4.78, 5) is 30.9. The Bertz CT molecular complexity index is 999. The van der Waals surface area contributed by atoms with E-state index in [1.807, 2.05) is 0 Å². The number of nitrogens with one attached hydrogen (secondary N) is 1. The van der Waals surface area contributed by atoms with Crippen LogP contribution in [-0.2, 0) is 9.59 Å². The number of benzene rings is 2. The van der Waals surface area contributed by atoms with Crippen LogP contribution >= 0.6 is 23.4 Å². The van der Waals surface area contributed by atoms with Crippen LogP contribution in [-0.4, -0.2) is 46.9 Å². The zero-order valence-corrected chi connectivity index (χ0v) is 18.0. The number of thioether (sulfide) groups is 1. The highest BCUT2D eigenvalue weighted by molar-refractivity contribution is 8.15. The largest absolute Gasteiger partial charge is 0.497 e. The van der Waals surface area contributed by atoms with E-state index in [1.165, 1.54) is 36.3 Å². The number of hydrogen-bond acceptors (Lipinski definition) is 6. The molecule has 7 nitrogen and oxygen atoms in total. The van der Waals surface area contributed by atoms with E-state index in [-0.39, 0.29) is 18.1 Å². The second-order valence-corrected chi connectivity index (χ2v) is 8.03. The van der Waals surface area contributed by atoms with Crippen molar-refractivity contribution in [1.82, 2.24) is 4.90 Å². The third-order valence-electron chi connectivity index (χ3n) is 4.19. The second-order valence-electron chi connectivity index (χ2n) is 6.42. The molecule has 1 N–H and O–H groups in total. The van der Waals surface area contributed by atoms with Gasteiger partial charge in [0.25, 0.3) is 0 Å². The predicted octanol–water partition coefficient (Wildman–Crippen LogP) is 4.45. The van der Waals surface area contributed by atoms with Crippen LogP contribution in [0.25, 0.3) is 0 Å². The minimum atomic E-state index is -3.83. The monoisotopic (exact) mass is 469 g/mol. The van der Waals surface area contributed by atoms with Crippen molar-refractivity contribution in [2.75, 3.05) is 19.5 Å². The molecule has 3 rings (SSSR count). The zero-order chi connectivity index (χ0) is 22.6. The molecule has 1 fully saturated rings. The Hall–Kier alpha value is -2.85. The van der Waals surface area contributed by atoms with E-state index in [4.69, 9.17) is 16.3 Å². The van der Waals surface area contributed by atoms with Crippen molar-refractivity contribution in [3.05, 3.63) is 48.5 Å². The van der Waals surface area contributed by atoms with Gasteiger partial charge in [0.1, 0.15) is 16.7 Å². The van der Waals surface area contributed by atoms with Gasteiger partial charge in [0.05, 0.1) is 12.8 Å². The molecule has 1 saturated heterocycles. The Kier molecular flexibility index (Phi) is 7.01. The van der Waals surface area contributed by atoms with Crippen LogP contribution in [0.15, 0.2) is 53.5 Å². The Morgan fingerprint density at radius 2 is 1.97 bits per heavy atom. The molecule has 11 heteroatoms. The number of methoxy groups -OCH3 is 1. The first-order valence-electron chi connectivity index (χ1n) is 8.97. The molecular weight excluding hydrogens is 452 g/mol. The molecule has 31 heavy (non-hydrogen) atoms. The maximum atomic E-state index is 12.7. The number of amidine groups is 1. The first-order chi connectivity index (χ1) is 14.6. The Morgan fingerprint density at radius 1 is 1.26 bits per heavy atom. The van der Waals surface area contributed by atoms with E-state index in [1.54, 1.807) is 31.3 Å². The summed E-state index contributed by atoms with van der Waals surface area (Å²) in [5, 5.41) is 2.32. The third kappa shape index (κ3) is 6.31. The Labute approximate surface area is 186 Å². The first-order valence-corrected chi connectivity index (χ1v) is 10.2. The van der Waals surface area contributed by atoms with Crippen LogP contribution in [0, 0.1) is 0 Å². The average molecular weight is 470 g/mol. The number of rotatable bonds is 6. The van der Waals surface area contributed by atoms with Gasteiger partial charge in [0, 0.05) is 36.8 Å². The lowest BCUT2D eigenvalue weighted by molar-refractivity contribution is -0.128. The van der Waals surface area contributed by atoms with E-state index in [0.29, 0.717) is 22.3 Å². The molecule has 0 saturated carbocycles. The van der Waals surface area contributed by atoms with E-state index < -0.39 is 16.7 Å². The standard InChI is InChI=1S/C20H18ClF2N3O4S/c1-26-17(27)11-16(31-19(26)25-13-4-3-5-15(10-13)29-2)18(28)24-12-6-8-14(9-7-12)30-20(21,22)23/h3-10,16H,11H2,1-2H3,(H,24,28)/t16-/m1/s1. The molecule has 0 radical (unpaired) electrons. The molecule has 0 spiro atoms. The minimum Gasteiger partial charge on any atom is -0.497 e. The molecule has 2 aromatic carbocycles. The maximum absolute atomic E-state index is 12.7. The van der Waals surface area contributed by atoms with Crippen LogP contribution in [0.5, 0.6) is 11.5 Å². The van der Waals surface area contributed by atoms with Crippen molar-refractivity contribution in [2.24, 2.45) is 4.99 Å². The molecule has 1 heterocycles. The Balaban J connectivity index is 1.71. The average Bonchev–Trinajstić information content (AvgIpc) is 2.71. The van der Waals surface area contributed by atoms with Gasteiger partial charge >= 0.3 is 5.57 Å².